The lowest BCUT2D eigenvalue weighted by molar-refractivity contribution is -0.123. The molecule has 1 aromatic heterocycles. The van der Waals surface area contributed by atoms with Gasteiger partial charge in [0.25, 0.3) is 0 Å². The van der Waals surface area contributed by atoms with E-state index in [9.17, 15) is 4.79 Å². The molecule has 1 fully saturated rings. The number of likely N-dealkylation sites (tertiary alicyclic amines) is 1. The molecule has 1 N–H and O–H groups in total. The largest absolute Gasteiger partial charge is 0.359 e. The molecule has 0 saturated carbocycles. The lowest BCUT2D eigenvalue weighted by Gasteiger charge is -2.34. The van der Waals surface area contributed by atoms with Crippen LogP contribution in [0.1, 0.15) is 38.4 Å². The maximum atomic E-state index is 12.2. The van der Waals surface area contributed by atoms with Crippen LogP contribution in [0.5, 0.6) is 0 Å². The minimum atomic E-state index is 0.0288. The molecular formula is C19H24ClN3O2. The topological polar surface area (TPSA) is 58.4 Å². The highest BCUT2D eigenvalue weighted by molar-refractivity contribution is 6.30. The first-order valence-corrected chi connectivity index (χ1v) is 9.26. The highest BCUT2D eigenvalue weighted by atomic mass is 35.5. The summed E-state index contributed by atoms with van der Waals surface area (Å²) < 4.78 is 5.32. The van der Waals surface area contributed by atoms with Gasteiger partial charge < -0.3 is 9.84 Å². The second kappa shape index (κ2) is 8.50. The number of carbonyl (C=O) groups is 1. The van der Waals surface area contributed by atoms with Gasteiger partial charge in [-0.05, 0) is 37.9 Å². The van der Waals surface area contributed by atoms with Gasteiger partial charge in [-0.15, -0.1) is 0 Å². The van der Waals surface area contributed by atoms with Gasteiger partial charge in [-0.1, -0.05) is 42.2 Å². The summed E-state index contributed by atoms with van der Waals surface area (Å²) in [6, 6.07) is 9.81. The van der Waals surface area contributed by atoms with E-state index in [4.69, 9.17) is 16.1 Å². The van der Waals surface area contributed by atoms with Crippen molar-refractivity contribution in [3.63, 3.8) is 0 Å². The van der Waals surface area contributed by atoms with Crippen LogP contribution >= 0.6 is 11.6 Å². The lowest BCUT2D eigenvalue weighted by atomic mass is 10.0. The van der Waals surface area contributed by atoms with Crippen LogP contribution in [0.3, 0.4) is 0 Å². The molecule has 1 aromatic carbocycles. The molecule has 0 aliphatic carbocycles. The maximum absolute atomic E-state index is 12.2. The number of halogens is 1. The zero-order valence-electron chi connectivity index (χ0n) is 14.5. The molecule has 3 rings (SSSR count). The van der Waals surface area contributed by atoms with E-state index in [0.717, 1.165) is 18.5 Å². The van der Waals surface area contributed by atoms with Crippen LogP contribution in [0, 0.1) is 0 Å². The lowest BCUT2D eigenvalue weighted by Crippen LogP contribution is -2.45. The zero-order chi connectivity index (χ0) is 17.6. The monoisotopic (exact) mass is 361 g/mol. The van der Waals surface area contributed by atoms with Crippen LogP contribution in [0.25, 0.3) is 11.3 Å². The molecule has 0 radical (unpaired) electrons. The van der Waals surface area contributed by atoms with E-state index in [1.54, 1.807) is 0 Å². The van der Waals surface area contributed by atoms with Crippen molar-refractivity contribution in [3.8, 4) is 11.3 Å². The number of carbonyl (C=O) groups excluding carboxylic acids is 1. The quantitative estimate of drug-likeness (QED) is 0.848. The Balaban J connectivity index is 1.52. The summed E-state index contributed by atoms with van der Waals surface area (Å²) in [4.78, 5) is 14.5. The Morgan fingerprint density at radius 3 is 3.08 bits per heavy atom. The van der Waals surface area contributed by atoms with Gasteiger partial charge in [-0.25, -0.2) is 0 Å². The Labute approximate surface area is 153 Å². The Morgan fingerprint density at radius 1 is 1.40 bits per heavy atom. The molecule has 0 unspecified atom stereocenters. The van der Waals surface area contributed by atoms with Gasteiger partial charge in [0.15, 0.2) is 5.76 Å². The fourth-order valence-corrected chi connectivity index (χ4v) is 3.53. The Morgan fingerprint density at radius 2 is 2.28 bits per heavy atom. The normalized spacial score (nSPS) is 18.2. The molecule has 134 valence electrons. The predicted molar refractivity (Wildman–Crippen MR) is 98.3 cm³/mol. The number of piperidine rings is 1. The van der Waals surface area contributed by atoms with Crippen molar-refractivity contribution in [1.82, 2.24) is 15.4 Å². The molecule has 1 aliphatic heterocycles. The Bertz CT molecular complexity index is 716. The number of rotatable bonds is 6. The van der Waals surface area contributed by atoms with Crippen molar-refractivity contribution in [2.24, 2.45) is 0 Å². The molecule has 0 spiro atoms. The Hall–Kier alpha value is -1.85. The SMILES string of the molecule is CC[C@@H]1CCCCN1CC(=O)NCc1cc(-c2cccc(Cl)c2)no1. The average Bonchev–Trinajstić information content (AvgIpc) is 3.09. The van der Waals surface area contributed by atoms with Gasteiger partial charge in [-0.2, -0.15) is 0 Å². The minimum Gasteiger partial charge on any atom is -0.359 e. The summed E-state index contributed by atoms with van der Waals surface area (Å²) >= 11 is 6.00. The third-order valence-electron chi connectivity index (χ3n) is 4.71. The first kappa shape index (κ1) is 18.0. The second-order valence-electron chi connectivity index (χ2n) is 6.49. The van der Waals surface area contributed by atoms with Gasteiger partial charge >= 0.3 is 0 Å². The minimum absolute atomic E-state index is 0.0288. The number of nitrogens with one attached hydrogen (secondary N) is 1. The number of amides is 1. The molecule has 6 heteroatoms. The molecule has 2 heterocycles. The van der Waals surface area contributed by atoms with Gasteiger partial charge in [0.1, 0.15) is 5.69 Å². The maximum Gasteiger partial charge on any atom is 0.234 e. The smallest absolute Gasteiger partial charge is 0.234 e. The summed E-state index contributed by atoms with van der Waals surface area (Å²) in [7, 11) is 0. The van der Waals surface area contributed by atoms with Crippen molar-refractivity contribution in [2.75, 3.05) is 13.1 Å². The fraction of sp³-hybridized carbons (Fsp3) is 0.474. The highest BCUT2D eigenvalue weighted by Gasteiger charge is 2.22. The summed E-state index contributed by atoms with van der Waals surface area (Å²) in [5.41, 5.74) is 1.61. The number of hydrogen-bond donors (Lipinski definition) is 1. The van der Waals surface area contributed by atoms with E-state index in [1.807, 2.05) is 30.3 Å². The van der Waals surface area contributed by atoms with E-state index in [0.29, 0.717) is 35.6 Å². The molecule has 1 atom stereocenters. The van der Waals surface area contributed by atoms with E-state index in [1.165, 1.54) is 19.3 Å². The van der Waals surface area contributed by atoms with Crippen LogP contribution in [0.4, 0.5) is 0 Å². The number of aromatic nitrogens is 1. The number of nitrogens with zero attached hydrogens (tertiary/aromatic N) is 2. The van der Waals surface area contributed by atoms with Crippen molar-refractivity contribution < 1.29 is 9.32 Å². The van der Waals surface area contributed by atoms with Crippen molar-refractivity contribution in [2.45, 2.75) is 45.2 Å². The van der Waals surface area contributed by atoms with Crippen LogP contribution in [0.15, 0.2) is 34.9 Å². The van der Waals surface area contributed by atoms with E-state index < -0.39 is 0 Å². The second-order valence-corrected chi connectivity index (χ2v) is 6.93. The third kappa shape index (κ3) is 4.83. The predicted octanol–water partition coefficient (Wildman–Crippen LogP) is 3.88. The molecule has 25 heavy (non-hydrogen) atoms. The van der Waals surface area contributed by atoms with Crippen molar-refractivity contribution in [1.29, 1.82) is 0 Å². The summed E-state index contributed by atoms with van der Waals surface area (Å²) in [6.45, 7) is 3.99. The van der Waals surface area contributed by atoms with Crippen LogP contribution in [0.2, 0.25) is 5.02 Å². The summed E-state index contributed by atoms with van der Waals surface area (Å²) in [5.74, 6) is 0.662. The van der Waals surface area contributed by atoms with Crippen LogP contribution < -0.4 is 5.32 Å². The molecule has 5 nitrogen and oxygen atoms in total. The van der Waals surface area contributed by atoms with Crippen molar-refractivity contribution >= 4 is 17.5 Å². The molecule has 1 aliphatic rings. The molecular weight excluding hydrogens is 338 g/mol. The summed E-state index contributed by atoms with van der Waals surface area (Å²) in [5, 5.41) is 7.63. The van der Waals surface area contributed by atoms with Crippen LogP contribution in [-0.4, -0.2) is 35.1 Å². The number of hydrogen-bond acceptors (Lipinski definition) is 4. The average molecular weight is 362 g/mol. The van der Waals surface area contributed by atoms with Gasteiger partial charge in [0, 0.05) is 22.7 Å². The number of benzene rings is 1. The molecule has 1 amide bonds. The van der Waals surface area contributed by atoms with Crippen LogP contribution in [-0.2, 0) is 11.3 Å². The fourth-order valence-electron chi connectivity index (χ4n) is 3.34. The molecule has 2 aromatic rings. The standard InChI is InChI=1S/C19H24ClN3O2/c1-2-16-8-3-4-9-23(16)13-19(24)21-12-17-11-18(22-25-17)14-6-5-7-15(20)10-14/h5-7,10-11,16H,2-4,8-9,12-13H2,1H3,(H,21,24)/t16-/m1/s1. The highest BCUT2D eigenvalue weighted by Crippen LogP contribution is 2.22. The molecule has 1 saturated heterocycles. The van der Waals surface area contributed by atoms with E-state index in [2.05, 4.69) is 22.3 Å². The van der Waals surface area contributed by atoms with Gasteiger partial charge in [0.2, 0.25) is 5.91 Å². The van der Waals surface area contributed by atoms with Gasteiger partial charge in [-0.3, -0.25) is 9.69 Å². The first-order chi connectivity index (χ1) is 12.2. The summed E-state index contributed by atoms with van der Waals surface area (Å²) in [6.07, 6.45) is 4.73. The molecule has 0 bridgehead atoms. The Kier molecular flexibility index (Phi) is 6.10. The van der Waals surface area contributed by atoms with E-state index in [-0.39, 0.29) is 5.91 Å². The van der Waals surface area contributed by atoms with E-state index >= 15 is 0 Å². The first-order valence-electron chi connectivity index (χ1n) is 8.88. The third-order valence-corrected chi connectivity index (χ3v) is 4.94. The zero-order valence-corrected chi connectivity index (χ0v) is 15.3. The van der Waals surface area contributed by atoms with Crippen molar-refractivity contribution in [3.05, 3.63) is 41.1 Å². The van der Waals surface area contributed by atoms with Gasteiger partial charge in [0.05, 0.1) is 13.1 Å².